The van der Waals surface area contributed by atoms with Crippen LogP contribution >= 0.6 is 0 Å². The second kappa shape index (κ2) is 7.29. The van der Waals surface area contributed by atoms with Gasteiger partial charge in [0.25, 0.3) is 0 Å². The van der Waals surface area contributed by atoms with Crippen molar-refractivity contribution < 1.29 is 9.84 Å². The summed E-state index contributed by atoms with van der Waals surface area (Å²) in [5.41, 5.74) is 0. The molecule has 0 radical (unpaired) electrons. The van der Waals surface area contributed by atoms with Crippen LogP contribution in [-0.2, 0) is 4.74 Å². The van der Waals surface area contributed by atoms with Crippen molar-refractivity contribution in [3.63, 3.8) is 0 Å². The van der Waals surface area contributed by atoms with Crippen LogP contribution in [0.15, 0.2) is 0 Å². The number of rotatable bonds is 6. The molecule has 0 aliphatic heterocycles. The second-order valence-electron chi connectivity index (χ2n) is 5.83. The zero-order chi connectivity index (χ0) is 12.0. The highest BCUT2D eigenvalue weighted by Crippen LogP contribution is 2.25. The lowest BCUT2D eigenvalue weighted by Gasteiger charge is -2.25. The van der Waals surface area contributed by atoms with Gasteiger partial charge in [-0.25, -0.2) is 0 Å². The van der Waals surface area contributed by atoms with Crippen LogP contribution < -0.4 is 0 Å². The molecule has 16 heavy (non-hydrogen) atoms. The van der Waals surface area contributed by atoms with Gasteiger partial charge in [0, 0.05) is 5.92 Å². The number of aliphatic hydroxyl groups excluding tert-OH is 1. The fourth-order valence-electron chi connectivity index (χ4n) is 2.61. The van der Waals surface area contributed by atoms with Gasteiger partial charge in [0.1, 0.15) is 0 Å². The molecular weight excluding hydrogens is 200 g/mol. The first kappa shape index (κ1) is 14.0. The van der Waals surface area contributed by atoms with Gasteiger partial charge in [-0.3, -0.25) is 0 Å². The van der Waals surface area contributed by atoms with E-state index in [1.54, 1.807) is 0 Å². The van der Waals surface area contributed by atoms with Crippen LogP contribution in [0.25, 0.3) is 0 Å². The molecule has 1 saturated carbocycles. The van der Waals surface area contributed by atoms with E-state index in [2.05, 4.69) is 20.8 Å². The average molecular weight is 228 g/mol. The molecule has 1 N–H and O–H groups in total. The Labute approximate surface area is 100 Å². The Hall–Kier alpha value is -0.0800. The molecule has 2 heteroatoms. The van der Waals surface area contributed by atoms with Crippen LogP contribution in [0.1, 0.15) is 59.3 Å². The predicted molar refractivity (Wildman–Crippen MR) is 67.2 cm³/mol. The third-order valence-corrected chi connectivity index (χ3v) is 3.56. The normalized spacial score (nSPS) is 22.3. The molecule has 0 aromatic heterocycles. The van der Waals surface area contributed by atoms with E-state index in [1.165, 1.54) is 32.1 Å². The summed E-state index contributed by atoms with van der Waals surface area (Å²) >= 11 is 0. The van der Waals surface area contributed by atoms with E-state index in [1.807, 2.05) is 0 Å². The van der Waals surface area contributed by atoms with Crippen LogP contribution in [-0.4, -0.2) is 18.0 Å². The highest BCUT2D eigenvalue weighted by atomic mass is 16.6. The summed E-state index contributed by atoms with van der Waals surface area (Å²) in [7, 11) is 0. The third-order valence-electron chi connectivity index (χ3n) is 3.56. The van der Waals surface area contributed by atoms with Gasteiger partial charge >= 0.3 is 0 Å². The Morgan fingerprint density at radius 1 is 1.12 bits per heavy atom. The first-order valence-electron chi connectivity index (χ1n) is 6.89. The van der Waals surface area contributed by atoms with Gasteiger partial charge in [-0.1, -0.05) is 40.0 Å². The van der Waals surface area contributed by atoms with Gasteiger partial charge in [0.05, 0.1) is 6.61 Å². The van der Waals surface area contributed by atoms with E-state index < -0.39 is 6.29 Å². The summed E-state index contributed by atoms with van der Waals surface area (Å²) in [4.78, 5) is 0. The number of aliphatic hydroxyl groups is 1. The summed E-state index contributed by atoms with van der Waals surface area (Å²) in [5.74, 6) is 1.57. The van der Waals surface area contributed by atoms with Crippen LogP contribution in [0.4, 0.5) is 0 Å². The van der Waals surface area contributed by atoms with Gasteiger partial charge < -0.3 is 9.84 Å². The minimum Gasteiger partial charge on any atom is -0.368 e. The summed E-state index contributed by atoms with van der Waals surface area (Å²) in [5, 5.41) is 9.88. The number of hydrogen-bond acceptors (Lipinski definition) is 2. The van der Waals surface area contributed by atoms with Crippen LogP contribution in [0.3, 0.4) is 0 Å². The molecule has 0 bridgehead atoms. The Morgan fingerprint density at radius 3 is 2.31 bits per heavy atom. The zero-order valence-electron chi connectivity index (χ0n) is 11.1. The Balaban J connectivity index is 2.15. The van der Waals surface area contributed by atoms with E-state index in [0.29, 0.717) is 11.8 Å². The highest BCUT2D eigenvalue weighted by Gasteiger charge is 2.19. The maximum atomic E-state index is 9.88. The first-order valence-corrected chi connectivity index (χ1v) is 6.89. The van der Waals surface area contributed by atoms with Crippen molar-refractivity contribution in [3.8, 4) is 0 Å². The van der Waals surface area contributed by atoms with Gasteiger partial charge in [-0.2, -0.15) is 0 Å². The lowest BCUT2D eigenvalue weighted by Crippen LogP contribution is -2.26. The molecule has 1 aliphatic rings. The Bertz CT molecular complexity index is 174. The van der Waals surface area contributed by atoms with Crippen molar-refractivity contribution >= 4 is 0 Å². The van der Waals surface area contributed by atoms with Crippen molar-refractivity contribution in [1.82, 2.24) is 0 Å². The summed E-state index contributed by atoms with van der Waals surface area (Å²) in [6.07, 6.45) is 7.09. The molecule has 0 spiro atoms. The minimum atomic E-state index is -0.565. The monoisotopic (exact) mass is 228 g/mol. The fourth-order valence-corrected chi connectivity index (χ4v) is 2.61. The largest absolute Gasteiger partial charge is 0.368 e. The number of hydrogen-bond donors (Lipinski definition) is 1. The molecule has 2 nitrogen and oxygen atoms in total. The van der Waals surface area contributed by atoms with Crippen LogP contribution in [0.2, 0.25) is 0 Å². The first-order chi connectivity index (χ1) is 7.59. The van der Waals surface area contributed by atoms with Gasteiger partial charge in [0.15, 0.2) is 6.29 Å². The smallest absolute Gasteiger partial charge is 0.157 e. The Morgan fingerprint density at radius 2 is 1.75 bits per heavy atom. The summed E-state index contributed by atoms with van der Waals surface area (Å²) < 4.78 is 5.60. The topological polar surface area (TPSA) is 29.5 Å². The van der Waals surface area contributed by atoms with Gasteiger partial charge in [-0.05, 0) is 31.1 Å². The number of ether oxygens (including phenoxy) is 1. The van der Waals surface area contributed by atoms with Crippen molar-refractivity contribution in [1.29, 1.82) is 0 Å². The second-order valence-corrected chi connectivity index (χ2v) is 5.83. The molecule has 2 unspecified atom stereocenters. The molecule has 0 heterocycles. The van der Waals surface area contributed by atoms with Gasteiger partial charge in [-0.15, -0.1) is 0 Å². The SMILES string of the molecule is CC(C)CC(C)C(O)OCC1CCCCC1. The molecule has 0 aromatic rings. The van der Waals surface area contributed by atoms with Crippen molar-refractivity contribution in [2.75, 3.05) is 6.61 Å². The van der Waals surface area contributed by atoms with E-state index in [4.69, 9.17) is 4.74 Å². The Kier molecular flexibility index (Phi) is 6.37. The van der Waals surface area contributed by atoms with E-state index in [9.17, 15) is 5.11 Å². The van der Waals surface area contributed by atoms with Crippen LogP contribution in [0.5, 0.6) is 0 Å². The molecule has 1 rings (SSSR count). The fraction of sp³-hybridized carbons (Fsp3) is 1.00. The van der Waals surface area contributed by atoms with Crippen molar-refractivity contribution in [2.24, 2.45) is 17.8 Å². The third kappa shape index (κ3) is 5.31. The standard InChI is InChI=1S/C14H28O2/c1-11(2)9-12(3)14(15)16-10-13-7-5-4-6-8-13/h11-15H,4-10H2,1-3H3. The van der Waals surface area contributed by atoms with E-state index in [0.717, 1.165) is 13.0 Å². The molecular formula is C14H28O2. The summed E-state index contributed by atoms with van der Waals surface area (Å²) in [6, 6.07) is 0. The molecule has 0 saturated heterocycles. The molecule has 1 aliphatic carbocycles. The minimum absolute atomic E-state index is 0.253. The van der Waals surface area contributed by atoms with E-state index in [-0.39, 0.29) is 5.92 Å². The molecule has 2 atom stereocenters. The zero-order valence-corrected chi connectivity index (χ0v) is 11.1. The van der Waals surface area contributed by atoms with Crippen molar-refractivity contribution in [3.05, 3.63) is 0 Å². The lowest BCUT2D eigenvalue weighted by molar-refractivity contribution is -0.144. The maximum absolute atomic E-state index is 9.88. The maximum Gasteiger partial charge on any atom is 0.157 e. The molecule has 0 aromatic carbocycles. The van der Waals surface area contributed by atoms with E-state index >= 15 is 0 Å². The average Bonchev–Trinajstić information content (AvgIpc) is 2.26. The highest BCUT2D eigenvalue weighted by molar-refractivity contribution is 4.66. The van der Waals surface area contributed by atoms with Crippen molar-refractivity contribution in [2.45, 2.75) is 65.6 Å². The van der Waals surface area contributed by atoms with Crippen LogP contribution in [0, 0.1) is 17.8 Å². The summed E-state index contributed by atoms with van der Waals surface area (Å²) in [6.45, 7) is 7.20. The van der Waals surface area contributed by atoms with Gasteiger partial charge in [0.2, 0.25) is 0 Å². The lowest BCUT2D eigenvalue weighted by atomic mass is 9.90. The molecule has 1 fully saturated rings. The predicted octanol–water partition coefficient (Wildman–Crippen LogP) is 3.58. The molecule has 0 amide bonds. The molecule has 96 valence electrons. The quantitative estimate of drug-likeness (QED) is 0.704.